The number of hydrogen-bond donors (Lipinski definition) is 1. The second-order valence-electron chi connectivity index (χ2n) is 3.23. The van der Waals surface area contributed by atoms with Crippen LogP contribution in [0, 0.1) is 6.92 Å². The molecule has 0 aliphatic carbocycles. The zero-order chi connectivity index (χ0) is 12.2. The zero-order valence-electron chi connectivity index (χ0n) is 8.51. The molecule has 0 aromatic heterocycles. The van der Waals surface area contributed by atoms with Crippen molar-refractivity contribution in [2.24, 2.45) is 0 Å². The van der Waals surface area contributed by atoms with Gasteiger partial charge in [-0.2, -0.15) is 13.2 Å². The Bertz CT molecular complexity index is 410. The van der Waals surface area contributed by atoms with E-state index in [1.165, 1.54) is 0 Å². The number of benzene rings is 1. The highest BCUT2D eigenvalue weighted by Gasteiger charge is 2.22. The summed E-state index contributed by atoms with van der Waals surface area (Å²) in [5.74, 6) is -0.803. The van der Waals surface area contributed by atoms with Crippen molar-refractivity contribution in [2.45, 2.75) is 13.1 Å². The molecule has 0 spiro atoms. The number of carbonyl (C=O) groups excluding carboxylic acids is 1. The molecule has 0 aliphatic rings. The maximum atomic E-state index is 11.8. The molecule has 2 nitrogen and oxygen atoms in total. The van der Waals surface area contributed by atoms with Crippen LogP contribution in [-0.2, 0) is 4.79 Å². The van der Waals surface area contributed by atoms with Gasteiger partial charge in [0.1, 0.15) is 0 Å². The molecule has 5 heteroatoms. The van der Waals surface area contributed by atoms with Gasteiger partial charge in [0.25, 0.3) is 0 Å². The average molecular weight is 229 g/mol. The summed E-state index contributed by atoms with van der Waals surface area (Å²) in [6.45, 7) is 1.82. The molecule has 0 radical (unpaired) electrons. The van der Waals surface area contributed by atoms with Crippen LogP contribution in [0.15, 0.2) is 36.4 Å². The molecule has 0 bridgehead atoms. The predicted molar refractivity (Wildman–Crippen MR) is 55.0 cm³/mol. The average Bonchev–Trinajstić information content (AvgIpc) is 2.14. The van der Waals surface area contributed by atoms with Crippen LogP contribution in [0.25, 0.3) is 0 Å². The van der Waals surface area contributed by atoms with Crippen LogP contribution >= 0.6 is 0 Å². The summed E-state index contributed by atoms with van der Waals surface area (Å²) in [5, 5.41) is 2.33. The first-order valence-corrected chi connectivity index (χ1v) is 4.50. The van der Waals surface area contributed by atoms with Crippen LogP contribution in [-0.4, -0.2) is 12.1 Å². The third-order valence-corrected chi connectivity index (χ3v) is 1.71. The molecule has 0 aliphatic heterocycles. The lowest BCUT2D eigenvalue weighted by molar-refractivity contribution is -0.112. The number of alkyl halides is 3. The molecule has 0 heterocycles. The van der Waals surface area contributed by atoms with Gasteiger partial charge in [-0.05, 0) is 24.6 Å². The van der Waals surface area contributed by atoms with Gasteiger partial charge >= 0.3 is 6.18 Å². The summed E-state index contributed by atoms with van der Waals surface area (Å²) in [7, 11) is 0. The highest BCUT2D eigenvalue weighted by Crippen LogP contribution is 2.16. The first kappa shape index (κ1) is 12.3. The zero-order valence-corrected chi connectivity index (χ0v) is 8.51. The molecule has 16 heavy (non-hydrogen) atoms. The van der Waals surface area contributed by atoms with Crippen molar-refractivity contribution in [3.8, 4) is 0 Å². The van der Waals surface area contributed by atoms with Crippen molar-refractivity contribution in [3.63, 3.8) is 0 Å². The van der Waals surface area contributed by atoms with Crippen LogP contribution < -0.4 is 5.32 Å². The van der Waals surface area contributed by atoms with Crippen LogP contribution in [0.4, 0.5) is 18.9 Å². The molecule has 0 atom stereocenters. The van der Waals surface area contributed by atoms with Gasteiger partial charge in [-0.3, -0.25) is 4.79 Å². The Morgan fingerprint density at radius 1 is 1.38 bits per heavy atom. The highest BCUT2D eigenvalue weighted by atomic mass is 19.4. The van der Waals surface area contributed by atoms with Gasteiger partial charge in [0.05, 0.1) is 0 Å². The fourth-order valence-electron chi connectivity index (χ4n) is 1.08. The Balaban J connectivity index is 2.62. The molecular formula is C11H10F3NO. The monoisotopic (exact) mass is 229 g/mol. The van der Waals surface area contributed by atoms with Crippen molar-refractivity contribution >= 4 is 11.6 Å². The lowest BCUT2D eigenvalue weighted by Gasteiger charge is -2.03. The summed E-state index contributed by atoms with van der Waals surface area (Å²) in [6.07, 6.45) is -4.11. The number of nitrogens with one attached hydrogen (secondary N) is 1. The van der Waals surface area contributed by atoms with Gasteiger partial charge < -0.3 is 5.32 Å². The Morgan fingerprint density at radius 2 is 2.06 bits per heavy atom. The minimum atomic E-state index is -4.47. The van der Waals surface area contributed by atoms with E-state index in [9.17, 15) is 18.0 Å². The van der Waals surface area contributed by atoms with Crippen molar-refractivity contribution in [1.29, 1.82) is 0 Å². The number of halogens is 3. The lowest BCUT2D eigenvalue weighted by Crippen LogP contribution is -2.10. The highest BCUT2D eigenvalue weighted by molar-refractivity contribution is 5.99. The van der Waals surface area contributed by atoms with Crippen molar-refractivity contribution < 1.29 is 18.0 Å². The van der Waals surface area contributed by atoms with Crippen LogP contribution in [0.5, 0.6) is 0 Å². The normalized spacial score (nSPS) is 11.8. The van der Waals surface area contributed by atoms with Crippen LogP contribution in [0.3, 0.4) is 0 Å². The van der Waals surface area contributed by atoms with Crippen LogP contribution in [0.1, 0.15) is 5.56 Å². The topological polar surface area (TPSA) is 29.1 Å². The van der Waals surface area contributed by atoms with E-state index in [1.54, 1.807) is 18.2 Å². The predicted octanol–water partition coefficient (Wildman–Crippen LogP) is 3.05. The summed E-state index contributed by atoms with van der Waals surface area (Å²) in [6, 6.07) is 6.80. The van der Waals surface area contributed by atoms with E-state index in [4.69, 9.17) is 0 Å². The number of hydrogen-bond acceptors (Lipinski definition) is 1. The molecule has 86 valence electrons. The number of allylic oxidation sites excluding steroid dienone is 1. The Kier molecular flexibility index (Phi) is 3.71. The minimum Gasteiger partial charge on any atom is -0.323 e. The van der Waals surface area contributed by atoms with Crippen molar-refractivity contribution in [3.05, 3.63) is 42.0 Å². The Labute approximate surface area is 90.8 Å². The first-order valence-electron chi connectivity index (χ1n) is 4.50. The smallest absolute Gasteiger partial charge is 0.323 e. The largest absolute Gasteiger partial charge is 0.409 e. The number of anilines is 1. The third kappa shape index (κ3) is 4.63. The van der Waals surface area contributed by atoms with Crippen LogP contribution in [0.2, 0.25) is 0 Å². The first-order chi connectivity index (χ1) is 7.37. The van der Waals surface area contributed by atoms with E-state index < -0.39 is 12.1 Å². The Hall–Kier alpha value is -1.78. The number of rotatable bonds is 2. The standard InChI is InChI=1S/C11H10F3NO/c1-8-3-2-4-9(7-8)15-10(16)5-6-11(12,13)14/h2-7H,1H3,(H,15,16)/b6-5+. The summed E-state index contributed by atoms with van der Waals surface area (Å²) in [4.78, 5) is 11.1. The lowest BCUT2D eigenvalue weighted by atomic mass is 10.2. The second kappa shape index (κ2) is 4.83. The van der Waals surface area contributed by atoms with Crippen molar-refractivity contribution in [2.75, 3.05) is 5.32 Å². The third-order valence-electron chi connectivity index (χ3n) is 1.71. The van der Waals surface area contributed by atoms with E-state index in [-0.39, 0.29) is 6.08 Å². The molecule has 1 aromatic rings. The molecule has 1 rings (SSSR count). The van der Waals surface area contributed by atoms with E-state index in [2.05, 4.69) is 5.32 Å². The molecule has 0 saturated carbocycles. The van der Waals surface area contributed by atoms with E-state index in [1.807, 2.05) is 13.0 Å². The number of carbonyl (C=O) groups is 1. The van der Waals surface area contributed by atoms with E-state index in [0.717, 1.165) is 5.56 Å². The maximum Gasteiger partial charge on any atom is 0.409 e. The number of aryl methyl sites for hydroxylation is 1. The second-order valence-corrected chi connectivity index (χ2v) is 3.23. The maximum absolute atomic E-state index is 11.8. The fraction of sp³-hybridized carbons (Fsp3) is 0.182. The van der Waals surface area contributed by atoms with Gasteiger partial charge in [0.15, 0.2) is 0 Å². The summed E-state index contributed by atoms with van der Waals surface area (Å²) < 4.78 is 35.3. The van der Waals surface area contributed by atoms with Gasteiger partial charge in [-0.25, -0.2) is 0 Å². The van der Waals surface area contributed by atoms with Gasteiger partial charge in [0, 0.05) is 17.8 Å². The molecular weight excluding hydrogens is 219 g/mol. The molecule has 0 unspecified atom stereocenters. The minimum absolute atomic E-state index is 0.0991. The quantitative estimate of drug-likeness (QED) is 0.776. The molecule has 0 saturated heterocycles. The van der Waals surface area contributed by atoms with E-state index >= 15 is 0 Å². The summed E-state index contributed by atoms with van der Waals surface area (Å²) in [5.41, 5.74) is 1.38. The Morgan fingerprint density at radius 3 is 2.62 bits per heavy atom. The van der Waals surface area contributed by atoms with Gasteiger partial charge in [-0.1, -0.05) is 12.1 Å². The molecule has 1 N–H and O–H groups in total. The number of amides is 1. The van der Waals surface area contributed by atoms with Gasteiger partial charge in [-0.15, -0.1) is 0 Å². The molecule has 0 fully saturated rings. The molecule has 1 aromatic carbocycles. The SMILES string of the molecule is Cc1cccc(NC(=O)/C=C/C(F)(F)F)c1. The van der Waals surface area contributed by atoms with E-state index in [0.29, 0.717) is 11.8 Å². The van der Waals surface area contributed by atoms with Crippen molar-refractivity contribution in [1.82, 2.24) is 0 Å². The van der Waals surface area contributed by atoms with Gasteiger partial charge in [0.2, 0.25) is 5.91 Å². The fourth-order valence-corrected chi connectivity index (χ4v) is 1.08. The molecule has 1 amide bonds. The summed E-state index contributed by atoms with van der Waals surface area (Å²) >= 11 is 0.